The maximum atomic E-state index is 12.4. The molecule has 2 aromatic rings. The third-order valence-electron chi connectivity index (χ3n) is 4.84. The highest BCUT2D eigenvalue weighted by atomic mass is 32.2. The topological polar surface area (TPSA) is 119 Å². The highest BCUT2D eigenvalue weighted by Crippen LogP contribution is 2.16. The molecule has 1 heterocycles. The quantitative estimate of drug-likeness (QED) is 0.553. The van der Waals surface area contributed by atoms with Crippen molar-refractivity contribution in [2.24, 2.45) is 0 Å². The summed E-state index contributed by atoms with van der Waals surface area (Å²) in [5, 5.41) is 2.60. The van der Waals surface area contributed by atoms with Gasteiger partial charge in [-0.05, 0) is 42.7 Å². The SMILES string of the molecule is O=C(CCS(=O)(=O)Cc1ccccc1)Nc1ccc(S(=O)(=O)NCC2CCCO2)cc1. The summed E-state index contributed by atoms with van der Waals surface area (Å²) >= 11 is 0. The Balaban J connectivity index is 1.49. The Bertz CT molecular complexity index is 1080. The number of sulfonamides is 1. The van der Waals surface area contributed by atoms with Gasteiger partial charge in [-0.1, -0.05) is 30.3 Å². The van der Waals surface area contributed by atoms with Crippen LogP contribution in [0.25, 0.3) is 0 Å². The summed E-state index contributed by atoms with van der Waals surface area (Å²) in [6.07, 6.45) is 1.47. The van der Waals surface area contributed by atoms with Gasteiger partial charge in [-0.25, -0.2) is 21.6 Å². The molecular formula is C21H26N2O6S2. The standard InChI is InChI=1S/C21H26N2O6S2/c24-21(12-14-30(25,26)16-17-5-2-1-3-6-17)23-18-8-10-20(11-9-18)31(27,28)22-15-19-7-4-13-29-19/h1-3,5-6,8-11,19,22H,4,7,12-16H2,(H,23,24). The Morgan fingerprint density at radius 1 is 1.00 bits per heavy atom. The predicted octanol–water partition coefficient (Wildman–Crippen LogP) is 2.09. The molecule has 2 aromatic carbocycles. The minimum Gasteiger partial charge on any atom is -0.377 e. The first-order valence-electron chi connectivity index (χ1n) is 9.99. The van der Waals surface area contributed by atoms with Crippen LogP contribution in [0.5, 0.6) is 0 Å². The number of anilines is 1. The summed E-state index contributed by atoms with van der Waals surface area (Å²) < 4.78 is 57.1. The fourth-order valence-corrected chi connectivity index (χ4v) is 5.59. The lowest BCUT2D eigenvalue weighted by Crippen LogP contribution is -2.31. The second-order valence-corrected chi connectivity index (χ2v) is 11.3. The van der Waals surface area contributed by atoms with E-state index in [4.69, 9.17) is 4.74 Å². The molecule has 0 aromatic heterocycles. The maximum Gasteiger partial charge on any atom is 0.240 e. The molecule has 0 aliphatic carbocycles. The Labute approximate surface area is 183 Å². The number of ether oxygens (including phenoxy) is 1. The van der Waals surface area contributed by atoms with Gasteiger partial charge < -0.3 is 10.1 Å². The zero-order chi connectivity index (χ0) is 22.3. The smallest absolute Gasteiger partial charge is 0.240 e. The molecule has 31 heavy (non-hydrogen) atoms. The Morgan fingerprint density at radius 2 is 1.71 bits per heavy atom. The molecule has 1 aliphatic heterocycles. The third-order valence-corrected chi connectivity index (χ3v) is 7.88. The third kappa shape index (κ3) is 7.42. The molecule has 1 amide bonds. The van der Waals surface area contributed by atoms with E-state index < -0.39 is 25.8 Å². The number of amides is 1. The summed E-state index contributed by atoms with van der Waals surface area (Å²) in [4.78, 5) is 12.2. The van der Waals surface area contributed by atoms with Crippen molar-refractivity contribution >= 4 is 31.5 Å². The van der Waals surface area contributed by atoms with Gasteiger partial charge in [0.25, 0.3) is 0 Å². The molecule has 3 rings (SSSR count). The molecule has 2 N–H and O–H groups in total. The minimum absolute atomic E-state index is 0.0777. The molecular weight excluding hydrogens is 440 g/mol. The average molecular weight is 467 g/mol. The normalized spacial score (nSPS) is 16.8. The first kappa shape index (κ1) is 23.4. The van der Waals surface area contributed by atoms with Gasteiger partial charge in [0, 0.05) is 25.3 Å². The van der Waals surface area contributed by atoms with Crippen molar-refractivity contribution in [3.63, 3.8) is 0 Å². The Hall–Kier alpha value is -2.27. The monoisotopic (exact) mass is 466 g/mol. The van der Waals surface area contributed by atoms with Crippen molar-refractivity contribution in [3.8, 4) is 0 Å². The fraction of sp³-hybridized carbons (Fsp3) is 0.381. The predicted molar refractivity (Wildman–Crippen MR) is 118 cm³/mol. The van der Waals surface area contributed by atoms with E-state index in [9.17, 15) is 21.6 Å². The van der Waals surface area contributed by atoms with Gasteiger partial charge in [0.2, 0.25) is 15.9 Å². The van der Waals surface area contributed by atoms with Gasteiger partial charge >= 0.3 is 0 Å². The van der Waals surface area contributed by atoms with Crippen molar-refractivity contribution < 1.29 is 26.4 Å². The molecule has 0 saturated carbocycles. The number of rotatable bonds is 10. The number of carbonyl (C=O) groups is 1. The molecule has 168 valence electrons. The largest absolute Gasteiger partial charge is 0.377 e. The van der Waals surface area contributed by atoms with Crippen LogP contribution in [0.3, 0.4) is 0 Å². The zero-order valence-corrected chi connectivity index (χ0v) is 18.6. The second-order valence-electron chi connectivity index (χ2n) is 7.39. The van der Waals surface area contributed by atoms with E-state index >= 15 is 0 Å². The molecule has 1 atom stereocenters. The van der Waals surface area contributed by atoms with E-state index in [-0.39, 0.29) is 35.5 Å². The van der Waals surface area contributed by atoms with Crippen molar-refractivity contribution in [2.75, 3.05) is 24.2 Å². The zero-order valence-electron chi connectivity index (χ0n) is 17.0. The van der Waals surface area contributed by atoms with Gasteiger partial charge in [-0.15, -0.1) is 0 Å². The van der Waals surface area contributed by atoms with Gasteiger partial charge in [0.05, 0.1) is 22.5 Å². The van der Waals surface area contributed by atoms with Crippen LogP contribution in [0.4, 0.5) is 5.69 Å². The summed E-state index contributed by atoms with van der Waals surface area (Å²) in [7, 11) is -7.09. The van der Waals surface area contributed by atoms with Crippen LogP contribution in [0.2, 0.25) is 0 Å². The molecule has 0 bridgehead atoms. The molecule has 0 spiro atoms. The number of benzene rings is 2. The Kier molecular flexibility index (Phi) is 7.82. The van der Waals surface area contributed by atoms with E-state index in [1.54, 1.807) is 30.3 Å². The minimum atomic E-state index is -3.67. The summed E-state index contributed by atoms with van der Waals surface area (Å²) in [5.41, 5.74) is 1.07. The molecule has 0 radical (unpaired) electrons. The lowest BCUT2D eigenvalue weighted by Gasteiger charge is -2.12. The van der Waals surface area contributed by atoms with E-state index in [1.807, 2.05) is 0 Å². The van der Waals surface area contributed by atoms with Crippen molar-refractivity contribution in [2.45, 2.75) is 36.0 Å². The van der Waals surface area contributed by atoms with Crippen molar-refractivity contribution in [3.05, 3.63) is 60.2 Å². The lowest BCUT2D eigenvalue weighted by molar-refractivity contribution is -0.115. The first-order valence-corrected chi connectivity index (χ1v) is 13.3. The van der Waals surface area contributed by atoms with Gasteiger partial charge in [-0.3, -0.25) is 4.79 Å². The highest BCUT2D eigenvalue weighted by Gasteiger charge is 2.20. The Morgan fingerprint density at radius 3 is 2.35 bits per heavy atom. The number of nitrogens with one attached hydrogen (secondary N) is 2. The van der Waals surface area contributed by atoms with Crippen molar-refractivity contribution in [1.82, 2.24) is 4.72 Å². The van der Waals surface area contributed by atoms with Gasteiger partial charge in [0.15, 0.2) is 9.84 Å². The van der Waals surface area contributed by atoms with E-state index in [0.717, 1.165) is 12.8 Å². The van der Waals surface area contributed by atoms with Gasteiger partial charge in [0.1, 0.15) is 0 Å². The molecule has 1 fully saturated rings. The molecule has 8 nitrogen and oxygen atoms in total. The van der Waals surface area contributed by atoms with Crippen LogP contribution >= 0.6 is 0 Å². The first-order chi connectivity index (χ1) is 14.7. The van der Waals surface area contributed by atoms with E-state index in [2.05, 4.69) is 10.0 Å². The van der Waals surface area contributed by atoms with E-state index in [0.29, 0.717) is 17.9 Å². The number of carbonyl (C=O) groups excluding carboxylic acids is 1. The summed E-state index contributed by atoms with van der Waals surface area (Å²) in [6.45, 7) is 0.868. The maximum absolute atomic E-state index is 12.4. The molecule has 10 heteroatoms. The van der Waals surface area contributed by atoms with Crippen molar-refractivity contribution in [1.29, 1.82) is 0 Å². The number of hydrogen-bond acceptors (Lipinski definition) is 6. The van der Waals surface area contributed by atoms with Gasteiger partial charge in [-0.2, -0.15) is 0 Å². The summed E-state index contributed by atoms with van der Waals surface area (Å²) in [5.74, 6) is -0.844. The molecule has 1 saturated heterocycles. The van der Waals surface area contributed by atoms with Crippen LogP contribution in [0, 0.1) is 0 Å². The van der Waals surface area contributed by atoms with Crippen LogP contribution in [-0.4, -0.2) is 47.8 Å². The number of sulfone groups is 1. The molecule has 1 aliphatic rings. The number of hydrogen-bond donors (Lipinski definition) is 2. The second kappa shape index (κ2) is 10.4. The summed E-state index contributed by atoms with van der Waals surface area (Å²) in [6, 6.07) is 14.5. The fourth-order valence-electron chi connectivity index (χ4n) is 3.18. The van der Waals surface area contributed by atoms with Crippen LogP contribution in [0.1, 0.15) is 24.8 Å². The highest BCUT2D eigenvalue weighted by molar-refractivity contribution is 7.90. The van der Waals surface area contributed by atoms with Crippen LogP contribution in [0.15, 0.2) is 59.5 Å². The lowest BCUT2D eigenvalue weighted by atomic mass is 10.2. The van der Waals surface area contributed by atoms with Crippen LogP contribution in [-0.2, 0) is 35.1 Å². The average Bonchev–Trinajstić information content (AvgIpc) is 3.26. The van der Waals surface area contributed by atoms with Crippen LogP contribution < -0.4 is 10.0 Å². The molecule has 1 unspecified atom stereocenters. The van der Waals surface area contributed by atoms with E-state index in [1.165, 1.54) is 24.3 Å².